The van der Waals surface area contributed by atoms with E-state index in [-0.39, 0.29) is 12.1 Å². The Morgan fingerprint density at radius 2 is 1.95 bits per heavy atom. The molecule has 1 saturated carbocycles. The summed E-state index contributed by atoms with van der Waals surface area (Å²) >= 11 is 0. The minimum Gasteiger partial charge on any atom is -0.488 e. The van der Waals surface area contributed by atoms with Gasteiger partial charge in [-0.3, -0.25) is 0 Å². The lowest BCUT2D eigenvalue weighted by Gasteiger charge is -2.30. The van der Waals surface area contributed by atoms with Gasteiger partial charge in [0.25, 0.3) is 10.2 Å². The Balaban J connectivity index is 1.54. The maximum Gasteiger partial charge on any atom is 0.279 e. The lowest BCUT2D eigenvalue weighted by molar-refractivity contribution is 0.232. The van der Waals surface area contributed by atoms with E-state index >= 15 is 0 Å². The van der Waals surface area contributed by atoms with E-state index < -0.39 is 10.2 Å². The fourth-order valence-electron chi connectivity index (χ4n) is 3.31. The van der Waals surface area contributed by atoms with Crippen LogP contribution in [0.25, 0.3) is 0 Å². The highest BCUT2D eigenvalue weighted by atomic mass is 32.2. The van der Waals surface area contributed by atoms with Crippen molar-refractivity contribution in [3.63, 3.8) is 0 Å². The zero-order valence-corrected chi connectivity index (χ0v) is 13.8. The first-order chi connectivity index (χ1) is 10.6. The van der Waals surface area contributed by atoms with E-state index in [1.165, 1.54) is 10.7 Å². The van der Waals surface area contributed by atoms with E-state index in [0.29, 0.717) is 6.54 Å². The Bertz CT molecular complexity index is 587. The normalized spacial score (nSPS) is 22.5. The highest BCUT2D eigenvalue weighted by molar-refractivity contribution is 7.87. The predicted octanol–water partition coefficient (Wildman–Crippen LogP) is 2.09. The third-order valence-corrected chi connectivity index (χ3v) is 6.26. The second-order valence-corrected chi connectivity index (χ2v) is 8.03. The molecule has 1 N–H and O–H groups in total. The van der Waals surface area contributed by atoms with Crippen molar-refractivity contribution in [2.75, 3.05) is 13.6 Å². The van der Waals surface area contributed by atoms with Crippen LogP contribution in [0.3, 0.4) is 0 Å². The van der Waals surface area contributed by atoms with Gasteiger partial charge < -0.3 is 4.74 Å². The molecule has 1 atom stereocenters. The average molecular weight is 324 g/mol. The summed E-state index contributed by atoms with van der Waals surface area (Å²) in [5, 5.41) is 0. The van der Waals surface area contributed by atoms with Crippen LogP contribution in [0.15, 0.2) is 24.3 Å². The van der Waals surface area contributed by atoms with E-state index in [1.54, 1.807) is 7.05 Å². The predicted molar refractivity (Wildman–Crippen MR) is 86.1 cm³/mol. The molecule has 0 bridgehead atoms. The van der Waals surface area contributed by atoms with Gasteiger partial charge in [0.1, 0.15) is 11.9 Å². The van der Waals surface area contributed by atoms with Gasteiger partial charge >= 0.3 is 0 Å². The summed E-state index contributed by atoms with van der Waals surface area (Å²) in [7, 11) is -1.75. The second-order valence-electron chi connectivity index (χ2n) is 6.21. The van der Waals surface area contributed by atoms with Gasteiger partial charge in [-0.15, -0.1) is 0 Å². The van der Waals surface area contributed by atoms with Gasteiger partial charge in [0.05, 0.1) is 0 Å². The molecule has 0 aromatic heterocycles. The topological polar surface area (TPSA) is 58.6 Å². The molecule has 5 nitrogen and oxygen atoms in total. The van der Waals surface area contributed by atoms with Crippen LogP contribution in [0.1, 0.15) is 37.7 Å². The van der Waals surface area contributed by atoms with E-state index in [4.69, 9.17) is 4.74 Å². The van der Waals surface area contributed by atoms with Gasteiger partial charge in [-0.2, -0.15) is 17.4 Å². The van der Waals surface area contributed by atoms with Crippen LogP contribution in [0.2, 0.25) is 0 Å². The summed E-state index contributed by atoms with van der Waals surface area (Å²) in [6, 6.07) is 8.00. The number of hydrogen-bond donors (Lipinski definition) is 1. The van der Waals surface area contributed by atoms with Crippen LogP contribution in [0, 0.1) is 0 Å². The van der Waals surface area contributed by atoms with E-state index in [1.807, 2.05) is 24.3 Å². The minimum atomic E-state index is -3.43. The van der Waals surface area contributed by atoms with Crippen molar-refractivity contribution in [1.29, 1.82) is 0 Å². The number of rotatable bonds is 5. The molecule has 2 aliphatic rings. The molecule has 1 heterocycles. The van der Waals surface area contributed by atoms with Gasteiger partial charge in [0.15, 0.2) is 0 Å². The summed E-state index contributed by atoms with van der Waals surface area (Å²) in [6.45, 7) is 0.314. The average Bonchev–Trinajstić information content (AvgIpc) is 2.96. The Morgan fingerprint density at radius 1 is 1.23 bits per heavy atom. The Kier molecular flexibility index (Phi) is 4.70. The Hall–Kier alpha value is -1.11. The number of ether oxygens (including phenoxy) is 1. The van der Waals surface area contributed by atoms with Gasteiger partial charge in [-0.05, 0) is 24.5 Å². The van der Waals surface area contributed by atoms with Crippen LogP contribution in [-0.4, -0.2) is 38.5 Å². The van der Waals surface area contributed by atoms with Gasteiger partial charge in [0.2, 0.25) is 0 Å². The van der Waals surface area contributed by atoms with Gasteiger partial charge in [-0.25, -0.2) is 0 Å². The van der Waals surface area contributed by atoms with Crippen LogP contribution in [0.4, 0.5) is 0 Å². The molecule has 1 aliphatic heterocycles. The number of nitrogens with zero attached hydrogens (tertiary/aromatic N) is 1. The summed E-state index contributed by atoms with van der Waals surface area (Å²) in [5.74, 6) is 0.868. The zero-order chi connectivity index (χ0) is 15.6. The number of nitrogens with one attached hydrogen (secondary N) is 1. The number of benzene rings is 1. The maximum absolute atomic E-state index is 12.4. The van der Waals surface area contributed by atoms with Crippen molar-refractivity contribution in [1.82, 2.24) is 9.03 Å². The summed E-state index contributed by atoms with van der Waals surface area (Å²) in [4.78, 5) is 0. The molecule has 0 amide bonds. The van der Waals surface area contributed by atoms with Crippen LogP contribution < -0.4 is 9.46 Å². The van der Waals surface area contributed by atoms with Gasteiger partial charge in [-0.1, -0.05) is 37.5 Å². The largest absolute Gasteiger partial charge is 0.488 e. The molecule has 122 valence electrons. The standard InChI is InChI=1S/C16H24N2O3S/c1-18(14-8-3-2-4-9-14)22(19,20)17-12-15-11-13-7-5-6-10-16(13)21-15/h5-7,10,14-15,17H,2-4,8-9,11-12H2,1H3/t15-/m0/s1. The van der Waals surface area contributed by atoms with Crippen molar-refractivity contribution in [2.45, 2.75) is 50.7 Å². The molecule has 6 heteroatoms. The van der Waals surface area contributed by atoms with Crippen LogP contribution in [0.5, 0.6) is 5.75 Å². The molecule has 0 saturated heterocycles. The van der Waals surface area contributed by atoms with Crippen molar-refractivity contribution in [3.05, 3.63) is 29.8 Å². The van der Waals surface area contributed by atoms with Gasteiger partial charge in [0, 0.05) is 26.1 Å². The Labute approximate surface area is 132 Å². The third-order valence-electron chi connectivity index (χ3n) is 4.68. The van der Waals surface area contributed by atoms with Crippen LogP contribution in [-0.2, 0) is 16.6 Å². The van der Waals surface area contributed by atoms with Crippen molar-refractivity contribution in [3.8, 4) is 5.75 Å². The first-order valence-electron chi connectivity index (χ1n) is 8.03. The van der Waals surface area contributed by atoms with Crippen molar-refractivity contribution < 1.29 is 13.2 Å². The number of para-hydroxylation sites is 1. The quantitative estimate of drug-likeness (QED) is 0.902. The van der Waals surface area contributed by atoms with Crippen molar-refractivity contribution >= 4 is 10.2 Å². The lowest BCUT2D eigenvalue weighted by atomic mass is 9.96. The molecule has 3 rings (SSSR count). The summed E-state index contributed by atoms with van der Waals surface area (Å²) < 4.78 is 34.8. The van der Waals surface area contributed by atoms with Crippen LogP contribution >= 0.6 is 0 Å². The van der Waals surface area contributed by atoms with E-state index in [9.17, 15) is 8.42 Å². The number of fused-ring (bicyclic) bond motifs is 1. The molecule has 0 spiro atoms. The second kappa shape index (κ2) is 6.56. The summed E-state index contributed by atoms with van der Waals surface area (Å²) in [5.41, 5.74) is 1.15. The molecular weight excluding hydrogens is 300 g/mol. The fourth-order valence-corrected chi connectivity index (χ4v) is 4.51. The third kappa shape index (κ3) is 3.45. The minimum absolute atomic E-state index is 0.119. The Morgan fingerprint density at radius 3 is 2.68 bits per heavy atom. The van der Waals surface area contributed by atoms with E-state index in [2.05, 4.69) is 4.72 Å². The lowest BCUT2D eigenvalue weighted by Crippen LogP contribution is -2.47. The van der Waals surface area contributed by atoms with E-state index in [0.717, 1.165) is 43.4 Å². The molecule has 1 fully saturated rings. The smallest absolute Gasteiger partial charge is 0.279 e. The SMILES string of the molecule is CN(C1CCCCC1)S(=O)(=O)NC[C@@H]1Cc2ccccc2O1. The summed E-state index contributed by atoms with van der Waals surface area (Å²) in [6.07, 6.45) is 6.01. The molecule has 22 heavy (non-hydrogen) atoms. The molecule has 0 unspecified atom stereocenters. The highest BCUT2D eigenvalue weighted by Crippen LogP contribution is 2.28. The molecule has 1 aromatic rings. The first kappa shape index (κ1) is 15.8. The molecule has 1 aromatic carbocycles. The first-order valence-corrected chi connectivity index (χ1v) is 9.47. The molecule has 1 aliphatic carbocycles. The zero-order valence-electron chi connectivity index (χ0n) is 13.0. The van der Waals surface area contributed by atoms with Crippen molar-refractivity contribution in [2.24, 2.45) is 0 Å². The fraction of sp³-hybridized carbons (Fsp3) is 0.625. The molecule has 0 radical (unpaired) electrons. The maximum atomic E-state index is 12.4. The number of hydrogen-bond acceptors (Lipinski definition) is 3. The monoisotopic (exact) mass is 324 g/mol. The molecular formula is C16H24N2O3S. The highest BCUT2D eigenvalue weighted by Gasteiger charge is 2.29.